The first-order valence-corrected chi connectivity index (χ1v) is 7.77. The highest BCUT2D eigenvalue weighted by atomic mass is 32.1. The third-order valence-electron chi connectivity index (χ3n) is 4.05. The zero-order valence-electron chi connectivity index (χ0n) is 12.0. The molecule has 0 saturated heterocycles. The number of aryl methyl sites for hydroxylation is 1. The number of nitrogens with one attached hydrogen (secondary N) is 1. The first-order valence-electron chi connectivity index (χ1n) is 7.36. The fourth-order valence-corrected chi connectivity index (χ4v) is 3.20. The van der Waals surface area contributed by atoms with Crippen LogP contribution in [0.2, 0.25) is 0 Å². The molecule has 3 nitrogen and oxygen atoms in total. The molecular weight excluding hydrogens is 256 g/mol. The van der Waals surface area contributed by atoms with Gasteiger partial charge in [0.05, 0.1) is 0 Å². The summed E-state index contributed by atoms with van der Waals surface area (Å²) in [6.45, 7) is 2.18. The number of nitrogens with zero attached hydrogens (tertiary/aromatic N) is 1. The van der Waals surface area contributed by atoms with E-state index in [0.717, 1.165) is 31.5 Å². The van der Waals surface area contributed by atoms with Gasteiger partial charge in [0.2, 0.25) is 0 Å². The van der Waals surface area contributed by atoms with E-state index in [4.69, 9.17) is 17.0 Å². The van der Waals surface area contributed by atoms with Gasteiger partial charge in [0.15, 0.2) is 0 Å². The second-order valence-electron chi connectivity index (χ2n) is 5.46. The number of hydrogen-bond donors (Lipinski definition) is 1. The molecule has 1 aliphatic rings. The second-order valence-corrected chi connectivity index (χ2v) is 5.87. The van der Waals surface area contributed by atoms with Gasteiger partial charge in [-0.1, -0.05) is 51.2 Å². The van der Waals surface area contributed by atoms with Crippen molar-refractivity contribution in [3.8, 4) is 0 Å². The summed E-state index contributed by atoms with van der Waals surface area (Å²) in [6, 6.07) is 1.97. The quantitative estimate of drug-likeness (QED) is 0.660. The van der Waals surface area contributed by atoms with Crippen molar-refractivity contribution in [1.82, 2.24) is 9.97 Å². The van der Waals surface area contributed by atoms with Gasteiger partial charge < -0.3 is 9.72 Å². The Labute approximate surface area is 120 Å². The lowest BCUT2D eigenvalue weighted by molar-refractivity contribution is -0.0354. The Morgan fingerprint density at radius 3 is 2.58 bits per heavy atom. The van der Waals surface area contributed by atoms with Crippen molar-refractivity contribution in [3.63, 3.8) is 0 Å². The Kier molecular flexibility index (Phi) is 5.11. The molecule has 0 amide bonds. The maximum absolute atomic E-state index is 5.89. The summed E-state index contributed by atoms with van der Waals surface area (Å²) in [5.41, 5.74) is 0.923. The molecule has 4 heteroatoms. The van der Waals surface area contributed by atoms with E-state index in [-0.39, 0.29) is 5.60 Å². The van der Waals surface area contributed by atoms with Crippen LogP contribution in [0, 0.1) is 4.64 Å². The van der Waals surface area contributed by atoms with Gasteiger partial charge in [-0.3, -0.25) is 0 Å². The largest absolute Gasteiger partial charge is 0.370 e. The molecule has 1 aromatic heterocycles. The Balaban J connectivity index is 2.38. The molecule has 1 aliphatic carbocycles. The monoisotopic (exact) mass is 280 g/mol. The first-order chi connectivity index (χ1) is 9.20. The predicted octanol–water partition coefficient (Wildman–Crippen LogP) is 4.29. The van der Waals surface area contributed by atoms with E-state index >= 15 is 0 Å². The molecule has 0 aromatic carbocycles. The molecule has 0 radical (unpaired) electrons. The van der Waals surface area contributed by atoms with Crippen LogP contribution in [-0.2, 0) is 16.8 Å². The lowest BCUT2D eigenvalue weighted by atomic mass is 9.93. The highest BCUT2D eigenvalue weighted by Gasteiger charge is 2.35. The van der Waals surface area contributed by atoms with Crippen molar-refractivity contribution in [3.05, 3.63) is 22.2 Å². The van der Waals surface area contributed by atoms with E-state index in [0.29, 0.717) is 4.64 Å². The molecule has 0 spiro atoms. The molecular formula is C15H24N2OS. The van der Waals surface area contributed by atoms with Crippen LogP contribution in [0.3, 0.4) is 0 Å². The molecule has 1 fully saturated rings. The average molecular weight is 280 g/mol. The van der Waals surface area contributed by atoms with Gasteiger partial charge in [-0.15, -0.1) is 0 Å². The number of methoxy groups -OCH3 is 1. The zero-order valence-corrected chi connectivity index (χ0v) is 12.8. The highest BCUT2D eigenvalue weighted by molar-refractivity contribution is 7.71. The van der Waals surface area contributed by atoms with Crippen molar-refractivity contribution in [2.24, 2.45) is 0 Å². The van der Waals surface area contributed by atoms with Crippen LogP contribution < -0.4 is 0 Å². The van der Waals surface area contributed by atoms with Gasteiger partial charge >= 0.3 is 0 Å². The lowest BCUT2D eigenvalue weighted by Crippen LogP contribution is -2.30. The minimum absolute atomic E-state index is 0.256. The number of ether oxygens (including phenoxy) is 1. The third-order valence-corrected chi connectivity index (χ3v) is 4.26. The summed E-state index contributed by atoms with van der Waals surface area (Å²) >= 11 is 5.32. The van der Waals surface area contributed by atoms with E-state index in [1.165, 1.54) is 31.4 Å². The molecule has 0 atom stereocenters. The van der Waals surface area contributed by atoms with Crippen molar-refractivity contribution < 1.29 is 4.74 Å². The first kappa shape index (κ1) is 14.7. The van der Waals surface area contributed by atoms with Crippen LogP contribution in [0.5, 0.6) is 0 Å². The average Bonchev–Trinajstić information content (AvgIpc) is 2.64. The Morgan fingerprint density at radius 2 is 2.00 bits per heavy atom. The van der Waals surface area contributed by atoms with Crippen LogP contribution in [0.15, 0.2) is 6.07 Å². The molecule has 0 aliphatic heterocycles. The fraction of sp³-hybridized carbons (Fsp3) is 0.733. The summed E-state index contributed by atoms with van der Waals surface area (Å²) in [5, 5.41) is 0. The standard InChI is InChI=1S/C15H24N2OS/c1-3-8-12-11-13(19)17-14(16-12)15(18-2)9-6-4-5-7-10-15/h11H,3-10H2,1-2H3,(H,16,17,19). The molecule has 1 saturated carbocycles. The zero-order chi connectivity index (χ0) is 13.7. The summed E-state index contributed by atoms with van der Waals surface area (Å²) in [6.07, 6.45) is 9.19. The molecule has 1 N–H and O–H groups in total. The summed E-state index contributed by atoms with van der Waals surface area (Å²) in [5.74, 6) is 0.938. The number of hydrogen-bond acceptors (Lipinski definition) is 3. The van der Waals surface area contributed by atoms with Gasteiger partial charge in [-0.2, -0.15) is 0 Å². The minimum Gasteiger partial charge on any atom is -0.370 e. The van der Waals surface area contributed by atoms with Gasteiger partial charge in [-0.05, 0) is 25.3 Å². The topological polar surface area (TPSA) is 37.9 Å². The number of aromatic amines is 1. The van der Waals surface area contributed by atoms with E-state index in [9.17, 15) is 0 Å². The van der Waals surface area contributed by atoms with Crippen LogP contribution in [-0.4, -0.2) is 17.1 Å². The van der Waals surface area contributed by atoms with Gasteiger partial charge in [0, 0.05) is 12.8 Å². The second kappa shape index (κ2) is 6.62. The van der Waals surface area contributed by atoms with E-state index in [1.54, 1.807) is 7.11 Å². The Bertz CT molecular complexity index is 461. The van der Waals surface area contributed by atoms with Crippen molar-refractivity contribution >= 4 is 12.2 Å². The van der Waals surface area contributed by atoms with Crippen LogP contribution in [0.25, 0.3) is 0 Å². The Hall–Kier alpha value is -0.740. The minimum atomic E-state index is -0.256. The summed E-state index contributed by atoms with van der Waals surface area (Å²) in [7, 11) is 1.80. The maximum atomic E-state index is 5.89. The Morgan fingerprint density at radius 1 is 1.32 bits per heavy atom. The van der Waals surface area contributed by atoms with Crippen molar-refractivity contribution in [1.29, 1.82) is 0 Å². The van der Waals surface area contributed by atoms with Gasteiger partial charge in [-0.25, -0.2) is 4.98 Å². The summed E-state index contributed by atoms with van der Waals surface area (Å²) < 4.78 is 6.57. The highest BCUT2D eigenvalue weighted by Crippen LogP contribution is 2.37. The van der Waals surface area contributed by atoms with Gasteiger partial charge in [0.25, 0.3) is 0 Å². The molecule has 106 valence electrons. The SMILES string of the molecule is CCCc1cc(=S)nc(C2(OC)CCCCCC2)[nH]1. The fourth-order valence-electron chi connectivity index (χ4n) is 2.96. The third kappa shape index (κ3) is 3.42. The van der Waals surface area contributed by atoms with Gasteiger partial charge in [0.1, 0.15) is 16.1 Å². The normalized spacial score (nSPS) is 19.1. The molecule has 1 heterocycles. The number of aromatic nitrogens is 2. The summed E-state index contributed by atoms with van der Waals surface area (Å²) in [4.78, 5) is 8.03. The molecule has 0 bridgehead atoms. The lowest BCUT2D eigenvalue weighted by Gasteiger charge is -2.30. The predicted molar refractivity (Wildman–Crippen MR) is 79.8 cm³/mol. The van der Waals surface area contributed by atoms with Crippen LogP contribution in [0.4, 0.5) is 0 Å². The molecule has 19 heavy (non-hydrogen) atoms. The van der Waals surface area contributed by atoms with E-state index in [1.807, 2.05) is 6.07 Å². The molecule has 0 unspecified atom stereocenters. The van der Waals surface area contributed by atoms with Crippen molar-refractivity contribution in [2.45, 2.75) is 63.9 Å². The van der Waals surface area contributed by atoms with Crippen molar-refractivity contribution in [2.75, 3.05) is 7.11 Å². The molecule has 2 rings (SSSR count). The molecule has 1 aromatic rings. The van der Waals surface area contributed by atoms with Crippen LogP contribution in [0.1, 0.15) is 63.4 Å². The van der Waals surface area contributed by atoms with Crippen LogP contribution >= 0.6 is 12.2 Å². The number of rotatable bonds is 4. The number of H-pyrrole nitrogens is 1. The van der Waals surface area contributed by atoms with E-state index < -0.39 is 0 Å². The maximum Gasteiger partial charge on any atom is 0.140 e. The van der Waals surface area contributed by atoms with E-state index in [2.05, 4.69) is 16.9 Å². The smallest absolute Gasteiger partial charge is 0.140 e.